The third-order valence-electron chi connectivity index (χ3n) is 2.88. The molecule has 1 aromatic heterocycles. The lowest BCUT2D eigenvalue weighted by Gasteiger charge is -2.33. The SMILES string of the molecule is NC1(c2ncncc2Br)CCCCC1. The molecule has 1 heterocycles. The van der Waals surface area contributed by atoms with E-state index in [1.807, 2.05) is 0 Å². The Bertz CT molecular complexity index is 321. The molecule has 0 atom stereocenters. The van der Waals surface area contributed by atoms with Crippen LogP contribution in [0.1, 0.15) is 37.8 Å². The lowest BCUT2D eigenvalue weighted by Crippen LogP contribution is -2.39. The van der Waals surface area contributed by atoms with Crippen molar-refractivity contribution in [2.24, 2.45) is 5.73 Å². The molecule has 1 fully saturated rings. The van der Waals surface area contributed by atoms with Crippen LogP contribution in [-0.2, 0) is 5.54 Å². The zero-order chi connectivity index (χ0) is 10.0. The molecule has 3 nitrogen and oxygen atoms in total. The zero-order valence-corrected chi connectivity index (χ0v) is 9.63. The number of nitrogens with zero attached hydrogens (tertiary/aromatic N) is 2. The van der Waals surface area contributed by atoms with Crippen molar-refractivity contribution < 1.29 is 0 Å². The smallest absolute Gasteiger partial charge is 0.115 e. The minimum Gasteiger partial charge on any atom is -0.320 e. The zero-order valence-electron chi connectivity index (χ0n) is 8.04. The highest BCUT2D eigenvalue weighted by molar-refractivity contribution is 9.10. The maximum Gasteiger partial charge on any atom is 0.115 e. The van der Waals surface area contributed by atoms with Gasteiger partial charge in [-0.2, -0.15) is 0 Å². The molecule has 1 aliphatic rings. The summed E-state index contributed by atoms with van der Waals surface area (Å²) in [5.41, 5.74) is 7.09. The van der Waals surface area contributed by atoms with Gasteiger partial charge >= 0.3 is 0 Å². The summed E-state index contributed by atoms with van der Waals surface area (Å²) in [6, 6.07) is 0. The third-order valence-corrected chi connectivity index (χ3v) is 3.47. The predicted octanol–water partition coefficient (Wildman–Crippen LogP) is 2.36. The van der Waals surface area contributed by atoms with Crippen molar-refractivity contribution in [3.63, 3.8) is 0 Å². The molecule has 4 heteroatoms. The molecule has 0 bridgehead atoms. The van der Waals surface area contributed by atoms with Gasteiger partial charge in [0.25, 0.3) is 0 Å². The van der Waals surface area contributed by atoms with Crippen molar-refractivity contribution in [2.75, 3.05) is 0 Å². The van der Waals surface area contributed by atoms with E-state index in [4.69, 9.17) is 5.73 Å². The van der Waals surface area contributed by atoms with E-state index >= 15 is 0 Å². The molecular formula is C10H14BrN3. The third kappa shape index (κ3) is 1.81. The average Bonchev–Trinajstić information content (AvgIpc) is 2.19. The number of hydrogen-bond acceptors (Lipinski definition) is 3. The minimum absolute atomic E-state index is 0.236. The van der Waals surface area contributed by atoms with Gasteiger partial charge in [0.15, 0.2) is 0 Å². The number of hydrogen-bond donors (Lipinski definition) is 1. The van der Waals surface area contributed by atoms with Gasteiger partial charge in [-0.3, -0.25) is 0 Å². The van der Waals surface area contributed by atoms with Crippen LogP contribution >= 0.6 is 15.9 Å². The first-order chi connectivity index (χ1) is 6.72. The molecule has 1 aromatic rings. The lowest BCUT2D eigenvalue weighted by molar-refractivity contribution is 0.293. The maximum absolute atomic E-state index is 6.36. The molecule has 0 aliphatic heterocycles. The first-order valence-corrected chi connectivity index (χ1v) is 5.76. The van der Waals surface area contributed by atoms with Crippen LogP contribution in [0.4, 0.5) is 0 Å². The Balaban J connectivity index is 2.32. The van der Waals surface area contributed by atoms with Crippen molar-refractivity contribution in [1.82, 2.24) is 9.97 Å². The summed E-state index contributed by atoms with van der Waals surface area (Å²) >= 11 is 3.46. The number of aromatic nitrogens is 2. The Morgan fingerprint density at radius 3 is 2.64 bits per heavy atom. The first kappa shape index (κ1) is 10.1. The molecule has 2 rings (SSSR count). The highest BCUT2D eigenvalue weighted by atomic mass is 79.9. The Kier molecular flexibility index (Phi) is 2.83. The molecule has 0 spiro atoms. The molecule has 14 heavy (non-hydrogen) atoms. The summed E-state index contributed by atoms with van der Waals surface area (Å²) in [6.07, 6.45) is 9.10. The van der Waals surface area contributed by atoms with Crippen molar-refractivity contribution in [3.05, 3.63) is 22.7 Å². The van der Waals surface area contributed by atoms with Crippen LogP contribution in [-0.4, -0.2) is 9.97 Å². The van der Waals surface area contributed by atoms with E-state index in [2.05, 4.69) is 25.9 Å². The summed E-state index contributed by atoms with van der Waals surface area (Å²) < 4.78 is 0.935. The van der Waals surface area contributed by atoms with Crippen LogP contribution < -0.4 is 5.73 Å². The van der Waals surface area contributed by atoms with E-state index in [-0.39, 0.29) is 5.54 Å². The Morgan fingerprint density at radius 2 is 2.00 bits per heavy atom. The van der Waals surface area contributed by atoms with Crippen molar-refractivity contribution >= 4 is 15.9 Å². The molecule has 0 unspecified atom stereocenters. The topological polar surface area (TPSA) is 51.8 Å². The van der Waals surface area contributed by atoms with Gasteiger partial charge in [-0.15, -0.1) is 0 Å². The molecule has 0 saturated heterocycles. The van der Waals surface area contributed by atoms with Gasteiger partial charge in [0.1, 0.15) is 6.33 Å². The summed E-state index contributed by atoms with van der Waals surface area (Å²) in [4.78, 5) is 8.25. The summed E-state index contributed by atoms with van der Waals surface area (Å²) in [6.45, 7) is 0. The number of rotatable bonds is 1. The van der Waals surface area contributed by atoms with Crippen LogP contribution in [0.25, 0.3) is 0 Å². The largest absolute Gasteiger partial charge is 0.320 e. The minimum atomic E-state index is -0.236. The average molecular weight is 256 g/mol. The molecule has 76 valence electrons. The predicted molar refractivity (Wildman–Crippen MR) is 58.7 cm³/mol. The van der Waals surface area contributed by atoms with Crippen LogP contribution in [0.15, 0.2) is 17.0 Å². The molecule has 0 radical (unpaired) electrons. The van der Waals surface area contributed by atoms with E-state index in [1.165, 1.54) is 19.3 Å². The van der Waals surface area contributed by atoms with Gasteiger partial charge in [-0.1, -0.05) is 19.3 Å². The molecule has 0 aromatic carbocycles. The molecule has 1 aliphatic carbocycles. The standard InChI is InChI=1S/C10H14BrN3/c11-8-6-13-7-14-9(8)10(12)4-2-1-3-5-10/h6-7H,1-5,12H2. The number of halogens is 1. The van der Waals surface area contributed by atoms with E-state index < -0.39 is 0 Å². The van der Waals surface area contributed by atoms with Crippen LogP contribution in [0.3, 0.4) is 0 Å². The van der Waals surface area contributed by atoms with Crippen LogP contribution in [0, 0.1) is 0 Å². The second-order valence-corrected chi connectivity index (χ2v) is 4.79. The Hall–Kier alpha value is -0.480. The van der Waals surface area contributed by atoms with Crippen molar-refractivity contribution in [1.29, 1.82) is 0 Å². The van der Waals surface area contributed by atoms with Gasteiger partial charge in [0.05, 0.1) is 15.7 Å². The van der Waals surface area contributed by atoms with E-state index in [0.717, 1.165) is 23.0 Å². The summed E-state index contributed by atoms with van der Waals surface area (Å²) in [7, 11) is 0. The fourth-order valence-electron chi connectivity index (χ4n) is 2.10. The molecule has 2 N–H and O–H groups in total. The normalized spacial score (nSPS) is 20.7. The van der Waals surface area contributed by atoms with Crippen LogP contribution in [0.2, 0.25) is 0 Å². The van der Waals surface area contributed by atoms with Gasteiger partial charge in [-0.25, -0.2) is 9.97 Å². The Labute approximate surface area is 92.3 Å². The maximum atomic E-state index is 6.36. The van der Waals surface area contributed by atoms with Gasteiger partial charge in [0.2, 0.25) is 0 Å². The number of nitrogens with two attached hydrogens (primary N) is 1. The summed E-state index contributed by atoms with van der Waals surface area (Å²) in [5, 5.41) is 0. The van der Waals surface area contributed by atoms with Crippen molar-refractivity contribution in [2.45, 2.75) is 37.6 Å². The molecule has 1 saturated carbocycles. The van der Waals surface area contributed by atoms with Gasteiger partial charge in [-0.05, 0) is 28.8 Å². The van der Waals surface area contributed by atoms with Gasteiger partial charge in [0, 0.05) is 6.20 Å². The summed E-state index contributed by atoms with van der Waals surface area (Å²) in [5.74, 6) is 0. The molecule has 0 amide bonds. The fraction of sp³-hybridized carbons (Fsp3) is 0.600. The fourth-order valence-corrected chi connectivity index (χ4v) is 2.71. The molecular weight excluding hydrogens is 242 g/mol. The monoisotopic (exact) mass is 255 g/mol. The van der Waals surface area contributed by atoms with E-state index in [1.54, 1.807) is 12.5 Å². The quantitative estimate of drug-likeness (QED) is 0.839. The van der Waals surface area contributed by atoms with Gasteiger partial charge < -0.3 is 5.73 Å². The lowest BCUT2D eigenvalue weighted by atomic mass is 9.80. The van der Waals surface area contributed by atoms with Crippen LogP contribution in [0.5, 0.6) is 0 Å². The highest BCUT2D eigenvalue weighted by Gasteiger charge is 2.32. The van der Waals surface area contributed by atoms with Crippen molar-refractivity contribution in [3.8, 4) is 0 Å². The first-order valence-electron chi connectivity index (χ1n) is 4.97. The highest BCUT2D eigenvalue weighted by Crippen LogP contribution is 2.36. The second kappa shape index (κ2) is 3.95. The Morgan fingerprint density at radius 1 is 1.29 bits per heavy atom. The van der Waals surface area contributed by atoms with E-state index in [0.29, 0.717) is 0 Å². The second-order valence-electron chi connectivity index (χ2n) is 3.94. The van der Waals surface area contributed by atoms with E-state index in [9.17, 15) is 0 Å².